The van der Waals surface area contributed by atoms with Crippen LogP contribution in [0.1, 0.15) is 11.4 Å². The van der Waals surface area contributed by atoms with E-state index in [0.29, 0.717) is 18.9 Å². The summed E-state index contributed by atoms with van der Waals surface area (Å²) < 4.78 is 7.43. The zero-order valence-corrected chi connectivity index (χ0v) is 15.2. The van der Waals surface area contributed by atoms with Gasteiger partial charge in [0.25, 0.3) is 0 Å². The van der Waals surface area contributed by atoms with Gasteiger partial charge in [0.2, 0.25) is 5.91 Å². The molecular formula is C19H26N4O2. The average molecular weight is 342 g/mol. The molecule has 2 aromatic rings. The molecule has 1 aromatic carbocycles. The predicted octanol–water partition coefficient (Wildman–Crippen LogP) is 1.65. The molecule has 134 valence electrons. The number of methoxy groups -OCH3 is 1. The summed E-state index contributed by atoms with van der Waals surface area (Å²) in [7, 11) is 5.78. The fourth-order valence-corrected chi connectivity index (χ4v) is 3.43. The highest BCUT2D eigenvalue weighted by Crippen LogP contribution is 2.19. The molecule has 0 spiro atoms. The number of aromatic nitrogens is 2. The maximum Gasteiger partial charge on any atom is 0.227 e. The van der Waals surface area contributed by atoms with E-state index in [4.69, 9.17) is 4.74 Å². The van der Waals surface area contributed by atoms with Crippen molar-refractivity contribution in [2.24, 2.45) is 5.92 Å². The van der Waals surface area contributed by atoms with E-state index in [1.165, 1.54) is 0 Å². The van der Waals surface area contributed by atoms with Gasteiger partial charge in [-0.3, -0.25) is 4.79 Å². The number of ether oxygens (including phenoxy) is 1. The molecule has 0 bridgehead atoms. The minimum Gasteiger partial charge on any atom is -0.497 e. The number of benzene rings is 1. The molecule has 0 N–H and O–H groups in total. The Labute approximate surface area is 149 Å². The maximum absolute atomic E-state index is 12.9. The molecule has 1 atom stereocenters. The van der Waals surface area contributed by atoms with Gasteiger partial charge >= 0.3 is 0 Å². The number of hydrogen-bond donors (Lipinski definition) is 0. The number of carbonyl (C=O) groups is 1. The lowest BCUT2D eigenvalue weighted by molar-refractivity contribution is -0.131. The first-order valence-corrected chi connectivity index (χ1v) is 8.60. The van der Waals surface area contributed by atoms with Gasteiger partial charge in [-0.05, 0) is 31.8 Å². The third kappa shape index (κ3) is 4.39. The van der Waals surface area contributed by atoms with Gasteiger partial charge in [0.05, 0.1) is 20.1 Å². The van der Waals surface area contributed by atoms with Crippen molar-refractivity contribution in [2.45, 2.75) is 19.5 Å². The monoisotopic (exact) mass is 342 g/mol. The van der Waals surface area contributed by atoms with Gasteiger partial charge in [0, 0.05) is 37.9 Å². The molecule has 0 unspecified atom stereocenters. The third-order valence-electron chi connectivity index (χ3n) is 4.53. The summed E-state index contributed by atoms with van der Waals surface area (Å²) in [6.07, 6.45) is 4.21. The molecule has 0 aliphatic carbocycles. The zero-order chi connectivity index (χ0) is 17.8. The second-order valence-electron chi connectivity index (χ2n) is 6.93. The summed E-state index contributed by atoms with van der Waals surface area (Å²) in [5.41, 5.74) is 0.973. The molecule has 0 saturated heterocycles. The Morgan fingerprint density at radius 2 is 2.20 bits per heavy atom. The van der Waals surface area contributed by atoms with Gasteiger partial charge in [0.15, 0.2) is 0 Å². The molecule has 1 aliphatic rings. The first kappa shape index (κ1) is 17.5. The van der Waals surface area contributed by atoms with Crippen molar-refractivity contribution in [3.05, 3.63) is 48.0 Å². The number of carbonyl (C=O) groups excluding carboxylic acids is 1. The topological polar surface area (TPSA) is 50.6 Å². The smallest absolute Gasteiger partial charge is 0.227 e. The van der Waals surface area contributed by atoms with Crippen LogP contribution in [0.4, 0.5) is 0 Å². The highest BCUT2D eigenvalue weighted by molar-refractivity contribution is 5.78. The number of rotatable bonds is 5. The van der Waals surface area contributed by atoms with E-state index in [2.05, 4.69) is 28.5 Å². The highest BCUT2D eigenvalue weighted by atomic mass is 16.5. The maximum atomic E-state index is 12.9. The number of imidazole rings is 1. The molecule has 0 radical (unpaired) electrons. The Kier molecular flexibility index (Phi) is 5.38. The Bertz CT molecular complexity index is 726. The van der Waals surface area contributed by atoms with Gasteiger partial charge in [-0.25, -0.2) is 4.98 Å². The summed E-state index contributed by atoms with van der Waals surface area (Å²) >= 11 is 0. The van der Waals surface area contributed by atoms with Crippen LogP contribution >= 0.6 is 0 Å². The molecule has 6 heteroatoms. The summed E-state index contributed by atoms with van der Waals surface area (Å²) in [6.45, 7) is 3.17. The second-order valence-corrected chi connectivity index (χ2v) is 6.93. The van der Waals surface area contributed by atoms with E-state index in [-0.39, 0.29) is 5.91 Å². The van der Waals surface area contributed by atoms with Crippen molar-refractivity contribution in [1.82, 2.24) is 19.4 Å². The van der Waals surface area contributed by atoms with Crippen LogP contribution < -0.4 is 4.74 Å². The average Bonchev–Trinajstić information content (AvgIpc) is 2.93. The van der Waals surface area contributed by atoms with E-state index in [1.807, 2.05) is 41.6 Å². The summed E-state index contributed by atoms with van der Waals surface area (Å²) in [4.78, 5) is 21.5. The lowest BCUT2D eigenvalue weighted by Gasteiger charge is -2.26. The normalized spacial score (nSPS) is 17.3. The Hall–Kier alpha value is -2.34. The molecule has 0 saturated carbocycles. The quantitative estimate of drug-likeness (QED) is 0.829. The standard InChI is InChI=1S/C19H26N4O2/c1-21(2)11-16-12-22-8-7-20-18(22)14-23(13-16)19(24)10-15-5-4-6-17(9-15)25-3/h4-9,16H,10-14H2,1-3H3/t16-/m1/s1. The molecule has 1 amide bonds. The van der Waals surface area contributed by atoms with Gasteiger partial charge in [-0.1, -0.05) is 12.1 Å². The van der Waals surface area contributed by atoms with Crippen LogP contribution in [-0.4, -0.2) is 59.6 Å². The van der Waals surface area contributed by atoms with Crippen molar-refractivity contribution < 1.29 is 9.53 Å². The molecule has 6 nitrogen and oxygen atoms in total. The zero-order valence-electron chi connectivity index (χ0n) is 15.2. The summed E-state index contributed by atoms with van der Waals surface area (Å²) in [6, 6.07) is 7.71. The third-order valence-corrected chi connectivity index (χ3v) is 4.53. The van der Waals surface area contributed by atoms with Gasteiger partial charge in [-0.2, -0.15) is 0 Å². The lowest BCUT2D eigenvalue weighted by atomic mass is 10.1. The van der Waals surface area contributed by atoms with E-state index in [9.17, 15) is 4.79 Å². The van der Waals surface area contributed by atoms with Crippen molar-refractivity contribution in [2.75, 3.05) is 34.3 Å². The van der Waals surface area contributed by atoms with Crippen LogP contribution in [0.25, 0.3) is 0 Å². The van der Waals surface area contributed by atoms with Crippen LogP contribution in [0.3, 0.4) is 0 Å². The van der Waals surface area contributed by atoms with Crippen LogP contribution in [-0.2, 0) is 24.3 Å². The highest BCUT2D eigenvalue weighted by Gasteiger charge is 2.26. The van der Waals surface area contributed by atoms with E-state index >= 15 is 0 Å². The molecule has 25 heavy (non-hydrogen) atoms. The van der Waals surface area contributed by atoms with Gasteiger partial charge in [-0.15, -0.1) is 0 Å². The van der Waals surface area contributed by atoms with Gasteiger partial charge < -0.3 is 19.1 Å². The van der Waals surface area contributed by atoms with Crippen LogP contribution in [0.5, 0.6) is 5.75 Å². The fourth-order valence-electron chi connectivity index (χ4n) is 3.43. The molecule has 2 heterocycles. The Morgan fingerprint density at radius 3 is 2.96 bits per heavy atom. The minimum absolute atomic E-state index is 0.133. The van der Waals surface area contributed by atoms with Crippen LogP contribution in [0.2, 0.25) is 0 Å². The fraction of sp³-hybridized carbons (Fsp3) is 0.474. The molecule has 3 rings (SSSR count). The number of hydrogen-bond acceptors (Lipinski definition) is 4. The second kappa shape index (κ2) is 7.70. The Balaban J connectivity index is 1.75. The number of fused-ring (bicyclic) bond motifs is 1. The minimum atomic E-state index is 0.133. The van der Waals surface area contributed by atoms with E-state index in [1.54, 1.807) is 7.11 Å². The van der Waals surface area contributed by atoms with Crippen LogP contribution in [0, 0.1) is 5.92 Å². The first-order chi connectivity index (χ1) is 12.0. The SMILES string of the molecule is COc1cccc(CC(=O)N2Cc3nccn3C[C@@H](CN(C)C)C2)c1. The number of amides is 1. The molecule has 1 aliphatic heterocycles. The number of nitrogens with zero attached hydrogens (tertiary/aromatic N) is 4. The van der Waals surface area contributed by atoms with Crippen molar-refractivity contribution in [3.8, 4) is 5.75 Å². The first-order valence-electron chi connectivity index (χ1n) is 8.60. The largest absolute Gasteiger partial charge is 0.497 e. The van der Waals surface area contributed by atoms with Crippen molar-refractivity contribution >= 4 is 5.91 Å². The van der Waals surface area contributed by atoms with E-state index < -0.39 is 0 Å². The lowest BCUT2D eigenvalue weighted by Crippen LogP contribution is -2.38. The predicted molar refractivity (Wildman–Crippen MR) is 96.4 cm³/mol. The van der Waals surface area contributed by atoms with Crippen LogP contribution in [0.15, 0.2) is 36.7 Å². The molecular weight excluding hydrogens is 316 g/mol. The molecule has 0 fully saturated rings. The van der Waals surface area contributed by atoms with E-state index in [0.717, 1.165) is 36.8 Å². The summed E-state index contributed by atoms with van der Waals surface area (Å²) in [5.74, 6) is 2.26. The van der Waals surface area contributed by atoms with Crippen molar-refractivity contribution in [3.63, 3.8) is 0 Å². The van der Waals surface area contributed by atoms with Crippen molar-refractivity contribution in [1.29, 1.82) is 0 Å². The Morgan fingerprint density at radius 1 is 1.36 bits per heavy atom. The van der Waals surface area contributed by atoms with Gasteiger partial charge in [0.1, 0.15) is 11.6 Å². The summed E-state index contributed by atoms with van der Waals surface area (Å²) in [5, 5.41) is 0. The molecule has 1 aromatic heterocycles.